The van der Waals surface area contributed by atoms with Gasteiger partial charge in [0.2, 0.25) is 0 Å². The number of thiophene rings is 1. The standard InChI is InChI=1S/C26H30N4O3S/c1-4-21-22-11-8-13-29(22)24-19(17-12-14-28(3)16-23(17)34-24)15-30(21)26(32)27-20-10-7-6-9-18(20)25(31)33-5-2/h6-11,13,21H,4-5,12,14-16H2,1-3H3,(H,27,32)/t21-/m0/s1. The molecular weight excluding hydrogens is 448 g/mol. The van der Waals surface area contributed by atoms with Gasteiger partial charge >= 0.3 is 12.0 Å². The number of esters is 1. The summed E-state index contributed by atoms with van der Waals surface area (Å²) in [4.78, 5) is 31.9. The molecule has 2 amide bonds. The normalized spacial score (nSPS) is 17.4. The van der Waals surface area contributed by atoms with Crippen molar-refractivity contribution in [1.29, 1.82) is 0 Å². The number of likely N-dealkylation sites (N-methyl/N-ethyl adjacent to an activating group) is 1. The minimum Gasteiger partial charge on any atom is -0.462 e. The number of para-hydroxylation sites is 1. The topological polar surface area (TPSA) is 66.8 Å². The lowest BCUT2D eigenvalue weighted by molar-refractivity contribution is 0.0527. The first-order valence-electron chi connectivity index (χ1n) is 11.8. The molecule has 7 nitrogen and oxygen atoms in total. The Kier molecular flexibility index (Phi) is 6.18. The van der Waals surface area contributed by atoms with E-state index in [4.69, 9.17) is 4.74 Å². The van der Waals surface area contributed by atoms with E-state index in [1.54, 1.807) is 25.1 Å². The molecule has 0 bridgehead atoms. The number of carbonyl (C=O) groups is 2. The number of benzene rings is 1. The van der Waals surface area contributed by atoms with Crippen LogP contribution < -0.4 is 5.32 Å². The summed E-state index contributed by atoms with van der Waals surface area (Å²) in [7, 11) is 2.16. The third kappa shape index (κ3) is 3.91. The molecular formula is C26H30N4O3S. The molecule has 4 heterocycles. The highest BCUT2D eigenvalue weighted by Gasteiger charge is 2.35. The Hall–Kier alpha value is -3.10. The number of aromatic nitrogens is 1. The van der Waals surface area contributed by atoms with Gasteiger partial charge in [-0.15, -0.1) is 11.3 Å². The van der Waals surface area contributed by atoms with Crippen molar-refractivity contribution in [2.24, 2.45) is 0 Å². The van der Waals surface area contributed by atoms with Gasteiger partial charge in [0.05, 0.1) is 30.4 Å². The molecule has 2 aromatic heterocycles. The number of nitrogens with one attached hydrogen (secondary N) is 1. The SMILES string of the molecule is CCOC(=O)c1ccccc1NC(=O)N1Cc2c(sc3c2CCN(C)C3)-n2cccc2[C@@H]1CC. The zero-order valence-electron chi connectivity index (χ0n) is 19.8. The van der Waals surface area contributed by atoms with Crippen molar-refractivity contribution in [3.63, 3.8) is 0 Å². The number of anilines is 1. The van der Waals surface area contributed by atoms with Crippen LogP contribution in [0.25, 0.3) is 5.00 Å². The van der Waals surface area contributed by atoms with Crippen molar-refractivity contribution in [2.75, 3.05) is 25.5 Å². The predicted molar refractivity (Wildman–Crippen MR) is 134 cm³/mol. The van der Waals surface area contributed by atoms with E-state index in [2.05, 4.69) is 47.1 Å². The van der Waals surface area contributed by atoms with Gasteiger partial charge < -0.3 is 24.4 Å². The molecule has 0 saturated heterocycles. The minimum absolute atomic E-state index is 0.0775. The smallest absolute Gasteiger partial charge is 0.340 e. The second-order valence-electron chi connectivity index (χ2n) is 8.83. The highest BCUT2D eigenvalue weighted by molar-refractivity contribution is 7.15. The van der Waals surface area contributed by atoms with Crippen LogP contribution in [0.15, 0.2) is 42.6 Å². The van der Waals surface area contributed by atoms with Gasteiger partial charge in [-0.3, -0.25) is 0 Å². The lowest BCUT2D eigenvalue weighted by Crippen LogP contribution is -2.38. The number of hydrogen-bond donors (Lipinski definition) is 1. The van der Waals surface area contributed by atoms with Gasteiger partial charge in [-0.1, -0.05) is 19.1 Å². The average molecular weight is 479 g/mol. The van der Waals surface area contributed by atoms with E-state index in [0.717, 1.165) is 31.6 Å². The van der Waals surface area contributed by atoms with Crippen molar-refractivity contribution in [3.05, 3.63) is 69.9 Å². The summed E-state index contributed by atoms with van der Waals surface area (Å²) >= 11 is 1.85. The van der Waals surface area contributed by atoms with Crippen molar-refractivity contribution < 1.29 is 14.3 Å². The van der Waals surface area contributed by atoms with Crippen LogP contribution in [0.1, 0.15) is 58.4 Å². The molecule has 2 aliphatic rings. The Bertz CT molecular complexity index is 1230. The van der Waals surface area contributed by atoms with E-state index < -0.39 is 5.97 Å². The van der Waals surface area contributed by atoms with Crippen molar-refractivity contribution in [1.82, 2.24) is 14.4 Å². The van der Waals surface area contributed by atoms with Crippen molar-refractivity contribution >= 4 is 29.0 Å². The highest BCUT2D eigenvalue weighted by atomic mass is 32.1. The largest absolute Gasteiger partial charge is 0.462 e. The maximum absolute atomic E-state index is 13.8. The van der Waals surface area contributed by atoms with Crippen LogP contribution in [0.3, 0.4) is 0 Å². The van der Waals surface area contributed by atoms with Gasteiger partial charge in [0.25, 0.3) is 0 Å². The molecule has 8 heteroatoms. The Morgan fingerprint density at radius 2 is 1.94 bits per heavy atom. The monoisotopic (exact) mass is 478 g/mol. The maximum atomic E-state index is 13.8. The molecule has 34 heavy (non-hydrogen) atoms. The summed E-state index contributed by atoms with van der Waals surface area (Å²) in [6.07, 6.45) is 3.89. The fourth-order valence-electron chi connectivity index (χ4n) is 5.04. The number of fused-ring (bicyclic) bond motifs is 5. The number of carbonyl (C=O) groups excluding carboxylic acids is 2. The minimum atomic E-state index is -0.437. The Morgan fingerprint density at radius 3 is 2.74 bits per heavy atom. The summed E-state index contributed by atoms with van der Waals surface area (Å²) in [5.41, 5.74) is 4.58. The van der Waals surface area contributed by atoms with Crippen LogP contribution >= 0.6 is 11.3 Å². The molecule has 2 aliphatic heterocycles. The van der Waals surface area contributed by atoms with E-state index >= 15 is 0 Å². The van der Waals surface area contributed by atoms with E-state index in [1.165, 1.54) is 21.0 Å². The number of hydrogen-bond acceptors (Lipinski definition) is 5. The van der Waals surface area contributed by atoms with E-state index in [1.807, 2.05) is 22.3 Å². The first kappa shape index (κ1) is 22.7. The maximum Gasteiger partial charge on any atom is 0.340 e. The molecule has 0 saturated carbocycles. The Labute approximate surface area is 203 Å². The molecule has 0 aliphatic carbocycles. The van der Waals surface area contributed by atoms with Gasteiger partial charge in [0.15, 0.2) is 0 Å². The molecule has 0 fully saturated rings. The molecule has 1 aromatic carbocycles. The second kappa shape index (κ2) is 9.27. The van der Waals surface area contributed by atoms with E-state index in [9.17, 15) is 9.59 Å². The fourth-order valence-corrected chi connectivity index (χ4v) is 6.48. The number of urea groups is 1. The first-order chi connectivity index (χ1) is 16.5. The summed E-state index contributed by atoms with van der Waals surface area (Å²) in [5, 5.41) is 4.24. The predicted octanol–water partition coefficient (Wildman–Crippen LogP) is 5.20. The molecule has 1 atom stereocenters. The number of amides is 2. The lowest BCUT2D eigenvalue weighted by atomic mass is 10.0. The Morgan fingerprint density at radius 1 is 1.12 bits per heavy atom. The third-order valence-corrected chi connectivity index (χ3v) is 7.95. The molecule has 0 radical (unpaired) electrons. The fraction of sp³-hybridized carbons (Fsp3) is 0.385. The molecule has 1 N–H and O–H groups in total. The third-order valence-electron chi connectivity index (χ3n) is 6.69. The number of nitrogens with zero attached hydrogens (tertiary/aromatic N) is 3. The summed E-state index contributed by atoms with van der Waals surface area (Å²) in [5.74, 6) is -0.437. The number of rotatable bonds is 4. The summed E-state index contributed by atoms with van der Waals surface area (Å²) in [6, 6.07) is 10.9. The van der Waals surface area contributed by atoms with Crippen LogP contribution in [0, 0.1) is 0 Å². The zero-order chi connectivity index (χ0) is 23.8. The van der Waals surface area contributed by atoms with Gasteiger partial charge in [-0.2, -0.15) is 0 Å². The van der Waals surface area contributed by atoms with Gasteiger partial charge in [0.1, 0.15) is 5.00 Å². The summed E-state index contributed by atoms with van der Waals surface area (Å²) in [6.45, 7) is 6.67. The first-order valence-corrected chi connectivity index (χ1v) is 12.7. The highest BCUT2D eigenvalue weighted by Crippen LogP contribution is 2.42. The summed E-state index contributed by atoms with van der Waals surface area (Å²) < 4.78 is 7.46. The number of ether oxygens (including phenoxy) is 1. The van der Waals surface area contributed by atoms with Crippen LogP contribution in [-0.4, -0.2) is 46.6 Å². The molecule has 0 spiro atoms. The molecule has 3 aromatic rings. The van der Waals surface area contributed by atoms with Crippen LogP contribution in [0.2, 0.25) is 0 Å². The van der Waals surface area contributed by atoms with Crippen molar-refractivity contribution in [2.45, 2.75) is 45.8 Å². The Balaban J connectivity index is 1.53. The van der Waals surface area contributed by atoms with Crippen LogP contribution in [0.5, 0.6) is 0 Å². The van der Waals surface area contributed by atoms with Crippen molar-refractivity contribution in [3.8, 4) is 5.00 Å². The molecule has 178 valence electrons. The molecule has 5 rings (SSSR count). The van der Waals surface area contributed by atoms with Gasteiger partial charge in [-0.25, -0.2) is 9.59 Å². The van der Waals surface area contributed by atoms with Crippen LogP contribution in [0.4, 0.5) is 10.5 Å². The van der Waals surface area contributed by atoms with Crippen LogP contribution in [-0.2, 0) is 24.2 Å². The van der Waals surface area contributed by atoms with Gasteiger partial charge in [-0.05, 0) is 56.6 Å². The quantitative estimate of drug-likeness (QED) is 0.523. The van der Waals surface area contributed by atoms with E-state index in [0.29, 0.717) is 17.8 Å². The second-order valence-corrected chi connectivity index (χ2v) is 9.91. The average Bonchev–Trinajstić information content (AvgIpc) is 3.41. The zero-order valence-corrected chi connectivity index (χ0v) is 20.7. The lowest BCUT2D eigenvalue weighted by Gasteiger charge is -2.31. The van der Waals surface area contributed by atoms with Gasteiger partial charge in [0, 0.05) is 35.4 Å². The van der Waals surface area contributed by atoms with E-state index in [-0.39, 0.29) is 18.7 Å². The molecule has 0 unspecified atom stereocenters.